The summed E-state index contributed by atoms with van der Waals surface area (Å²) in [4.78, 5) is 53.3. The van der Waals surface area contributed by atoms with E-state index in [4.69, 9.17) is 18.6 Å². The van der Waals surface area contributed by atoms with Crippen LogP contribution in [0.1, 0.15) is 60.7 Å². The number of hydrogen-bond donors (Lipinski definition) is 0. The molecule has 2 heterocycles. The molecule has 0 bridgehead atoms. The van der Waals surface area contributed by atoms with E-state index in [1.54, 1.807) is 30.3 Å². The van der Waals surface area contributed by atoms with Gasteiger partial charge in [0.1, 0.15) is 6.10 Å². The van der Waals surface area contributed by atoms with Gasteiger partial charge >= 0.3 is 17.9 Å². The topological polar surface area (TPSA) is 109 Å². The fourth-order valence-corrected chi connectivity index (χ4v) is 6.74. The Morgan fingerprint density at radius 3 is 2.43 bits per heavy atom. The van der Waals surface area contributed by atoms with E-state index in [0.717, 1.165) is 5.56 Å². The van der Waals surface area contributed by atoms with Crippen LogP contribution in [-0.4, -0.2) is 30.8 Å². The van der Waals surface area contributed by atoms with Crippen LogP contribution >= 0.6 is 0 Å². The number of Topliss-reactive ketones (excluding diaryl/α,β-unsaturated/α-hetero) is 1. The second kappa shape index (κ2) is 9.01. The molecule has 1 saturated carbocycles. The van der Waals surface area contributed by atoms with E-state index < -0.39 is 52.4 Å². The molecule has 1 aromatic heterocycles. The molecule has 2 aromatic rings. The molecule has 2 aliphatic carbocycles. The van der Waals surface area contributed by atoms with Crippen molar-refractivity contribution in [1.82, 2.24) is 0 Å². The Bertz CT molecular complexity index is 1270. The molecule has 8 nitrogen and oxygen atoms in total. The molecule has 6 atom stereocenters. The van der Waals surface area contributed by atoms with Gasteiger partial charge in [-0.05, 0) is 61.3 Å². The van der Waals surface area contributed by atoms with Gasteiger partial charge in [0.05, 0.1) is 37.0 Å². The van der Waals surface area contributed by atoms with Crippen LogP contribution in [0.3, 0.4) is 0 Å². The van der Waals surface area contributed by atoms with Crippen molar-refractivity contribution in [1.29, 1.82) is 0 Å². The molecular weight excluding hydrogens is 476 g/mol. The standard InChI is InChI=1S/C29H30O8/c1-16-5-7-17(8-6-16)25(31)36-21-13-20(26(32)34-4)28(2)11-9-19-27(33)37-22(18-10-12-35-15-18)14-29(19,3)24(28)23(21)30/h5-8,10,12-13,15,19-20,22,24H,9,11,14H2,1-4H3/t19-,20-,22-,24-,28-,29-/m0/s1. The van der Waals surface area contributed by atoms with E-state index in [0.29, 0.717) is 24.8 Å². The molecule has 37 heavy (non-hydrogen) atoms. The van der Waals surface area contributed by atoms with Crippen molar-refractivity contribution in [2.45, 2.75) is 46.1 Å². The number of hydrogen-bond acceptors (Lipinski definition) is 8. The van der Waals surface area contributed by atoms with Crippen molar-refractivity contribution >= 4 is 23.7 Å². The number of methoxy groups -OCH3 is 1. The van der Waals surface area contributed by atoms with Gasteiger partial charge in [0.25, 0.3) is 0 Å². The van der Waals surface area contributed by atoms with Crippen LogP contribution in [0.15, 0.2) is 59.1 Å². The summed E-state index contributed by atoms with van der Waals surface area (Å²) < 4.78 is 21.7. The highest BCUT2D eigenvalue weighted by molar-refractivity contribution is 6.03. The van der Waals surface area contributed by atoms with Gasteiger partial charge in [-0.3, -0.25) is 14.4 Å². The summed E-state index contributed by atoms with van der Waals surface area (Å²) in [5.41, 5.74) is 0.270. The second-order valence-corrected chi connectivity index (χ2v) is 10.9. The molecule has 1 saturated heterocycles. The first-order valence-corrected chi connectivity index (χ1v) is 12.4. The number of allylic oxidation sites excluding steroid dienone is 1. The van der Waals surface area contributed by atoms with Gasteiger partial charge in [0.15, 0.2) is 5.76 Å². The van der Waals surface area contributed by atoms with E-state index in [1.807, 2.05) is 20.8 Å². The van der Waals surface area contributed by atoms with Gasteiger partial charge < -0.3 is 18.6 Å². The summed E-state index contributed by atoms with van der Waals surface area (Å²) >= 11 is 0. The third-order valence-electron chi connectivity index (χ3n) is 8.65. The summed E-state index contributed by atoms with van der Waals surface area (Å²) in [7, 11) is 1.29. The summed E-state index contributed by atoms with van der Waals surface area (Å²) in [6, 6.07) is 8.53. The Morgan fingerprint density at radius 1 is 1.05 bits per heavy atom. The number of ether oxygens (including phenoxy) is 3. The van der Waals surface area contributed by atoms with Crippen LogP contribution < -0.4 is 0 Å². The largest absolute Gasteiger partial charge is 0.472 e. The number of carbonyl (C=O) groups is 4. The zero-order chi connectivity index (χ0) is 26.5. The van der Waals surface area contributed by atoms with Crippen molar-refractivity contribution in [3.63, 3.8) is 0 Å². The normalized spacial score (nSPS) is 32.9. The Balaban J connectivity index is 1.56. The highest BCUT2D eigenvalue weighted by Gasteiger charge is 2.66. The number of carbonyl (C=O) groups excluding carboxylic acids is 4. The zero-order valence-corrected chi connectivity index (χ0v) is 21.3. The Morgan fingerprint density at radius 2 is 1.78 bits per heavy atom. The van der Waals surface area contributed by atoms with Gasteiger partial charge in [0, 0.05) is 11.5 Å². The maximum absolute atomic E-state index is 14.1. The number of aryl methyl sites for hydroxylation is 1. The summed E-state index contributed by atoms with van der Waals surface area (Å²) in [5, 5.41) is 0. The lowest BCUT2D eigenvalue weighted by atomic mass is 9.44. The average molecular weight is 507 g/mol. The first kappa shape index (κ1) is 25.0. The Labute approximate surface area is 214 Å². The van der Waals surface area contributed by atoms with Crippen molar-refractivity contribution < 1.29 is 37.8 Å². The van der Waals surface area contributed by atoms with Gasteiger partial charge in [-0.2, -0.15) is 0 Å². The summed E-state index contributed by atoms with van der Waals surface area (Å²) in [6.07, 6.45) is 5.13. The lowest BCUT2D eigenvalue weighted by Gasteiger charge is -2.59. The van der Waals surface area contributed by atoms with Gasteiger partial charge in [-0.15, -0.1) is 0 Å². The molecule has 5 rings (SSSR count). The fraction of sp³-hybridized carbons (Fsp3) is 0.448. The highest BCUT2D eigenvalue weighted by Crippen LogP contribution is 2.64. The molecule has 0 N–H and O–H groups in total. The first-order chi connectivity index (χ1) is 17.6. The number of esters is 3. The van der Waals surface area contributed by atoms with Crippen molar-refractivity contribution in [2.24, 2.45) is 28.6 Å². The van der Waals surface area contributed by atoms with E-state index >= 15 is 0 Å². The monoisotopic (exact) mass is 506 g/mol. The van der Waals surface area contributed by atoms with E-state index in [1.165, 1.54) is 25.7 Å². The lowest BCUT2D eigenvalue weighted by molar-refractivity contribution is -0.197. The van der Waals surface area contributed by atoms with Crippen LogP contribution in [0.2, 0.25) is 0 Å². The summed E-state index contributed by atoms with van der Waals surface area (Å²) in [5.74, 6) is -4.32. The maximum atomic E-state index is 14.1. The molecule has 2 fully saturated rings. The van der Waals surface area contributed by atoms with Crippen molar-refractivity contribution in [2.75, 3.05) is 7.11 Å². The minimum absolute atomic E-state index is 0.191. The molecule has 8 heteroatoms. The van der Waals surface area contributed by atoms with E-state index in [9.17, 15) is 19.2 Å². The maximum Gasteiger partial charge on any atom is 0.343 e. The van der Waals surface area contributed by atoms with Gasteiger partial charge in [-0.25, -0.2) is 4.79 Å². The van der Waals surface area contributed by atoms with Crippen molar-refractivity contribution in [3.8, 4) is 0 Å². The van der Waals surface area contributed by atoms with Crippen LogP contribution in [0.25, 0.3) is 0 Å². The number of rotatable bonds is 4. The number of furan rings is 1. The quantitative estimate of drug-likeness (QED) is 0.433. The molecule has 1 aliphatic heterocycles. The molecule has 1 aromatic carbocycles. The fourth-order valence-electron chi connectivity index (χ4n) is 6.74. The number of cyclic esters (lactones) is 1. The van der Waals surface area contributed by atoms with Crippen LogP contribution in [0.4, 0.5) is 0 Å². The van der Waals surface area contributed by atoms with Crippen LogP contribution in [0.5, 0.6) is 0 Å². The molecule has 0 amide bonds. The average Bonchev–Trinajstić information content (AvgIpc) is 3.40. The molecule has 0 unspecified atom stereocenters. The van der Waals surface area contributed by atoms with Gasteiger partial charge in [0.2, 0.25) is 5.78 Å². The molecule has 0 radical (unpaired) electrons. The van der Waals surface area contributed by atoms with Crippen LogP contribution in [-0.2, 0) is 28.6 Å². The predicted octanol–water partition coefficient (Wildman–Crippen LogP) is 4.73. The third kappa shape index (κ3) is 3.99. The van der Waals surface area contributed by atoms with E-state index in [2.05, 4.69) is 0 Å². The van der Waals surface area contributed by atoms with E-state index in [-0.39, 0.29) is 17.3 Å². The molecular formula is C29H30O8. The van der Waals surface area contributed by atoms with Crippen LogP contribution in [0, 0.1) is 35.5 Å². The minimum atomic E-state index is -0.858. The Hall–Kier alpha value is -3.68. The zero-order valence-electron chi connectivity index (χ0n) is 21.3. The van der Waals surface area contributed by atoms with Crippen molar-refractivity contribution in [3.05, 3.63) is 71.4 Å². The number of benzene rings is 1. The molecule has 3 aliphatic rings. The lowest BCUT2D eigenvalue weighted by Crippen LogP contribution is -2.61. The number of ketones is 1. The second-order valence-electron chi connectivity index (χ2n) is 10.9. The molecule has 0 spiro atoms. The Kier molecular flexibility index (Phi) is 6.09. The number of fused-ring (bicyclic) bond motifs is 3. The smallest absolute Gasteiger partial charge is 0.343 e. The van der Waals surface area contributed by atoms with Gasteiger partial charge in [-0.1, -0.05) is 31.5 Å². The first-order valence-electron chi connectivity index (χ1n) is 12.4. The molecule has 194 valence electrons. The minimum Gasteiger partial charge on any atom is -0.472 e. The SMILES string of the molecule is COC(=O)[C@@H]1C=C(OC(=O)c2ccc(C)cc2)C(=O)[C@H]2[C@@]1(C)CC[C@H]1C(=O)O[C@H](c3ccoc3)C[C@]21C. The highest BCUT2D eigenvalue weighted by atomic mass is 16.6. The summed E-state index contributed by atoms with van der Waals surface area (Å²) in [6.45, 7) is 5.70. The predicted molar refractivity (Wildman–Crippen MR) is 130 cm³/mol. The third-order valence-corrected chi connectivity index (χ3v) is 8.65.